The van der Waals surface area contributed by atoms with Gasteiger partial charge in [0.2, 0.25) is 11.8 Å². The number of aryl methyl sites for hydroxylation is 1. The Labute approximate surface area is 156 Å². The van der Waals surface area contributed by atoms with E-state index >= 15 is 0 Å². The minimum absolute atomic E-state index is 0.311. The predicted octanol–water partition coefficient (Wildman–Crippen LogP) is 3.64. The van der Waals surface area contributed by atoms with Crippen LogP contribution in [-0.4, -0.2) is 22.1 Å². The van der Waals surface area contributed by atoms with Gasteiger partial charge in [0, 0.05) is 17.1 Å². The quantitative estimate of drug-likeness (QED) is 0.506. The van der Waals surface area contributed by atoms with Gasteiger partial charge >= 0.3 is 0 Å². The first-order valence-corrected chi connectivity index (χ1v) is 8.76. The van der Waals surface area contributed by atoms with Crippen molar-refractivity contribution in [2.24, 2.45) is 5.73 Å². The number of nitrogens with two attached hydrogens (primary N) is 1. The number of nitrogens with one attached hydrogen (secondary N) is 2. The summed E-state index contributed by atoms with van der Waals surface area (Å²) >= 11 is 0. The van der Waals surface area contributed by atoms with Crippen LogP contribution in [0.25, 0.3) is 22.0 Å². The average molecular weight is 360 g/mol. The second-order valence-corrected chi connectivity index (χ2v) is 6.50. The number of nitrogens with zero attached hydrogens (tertiary/aromatic N) is 1. The van der Waals surface area contributed by atoms with Gasteiger partial charge in [0.1, 0.15) is 0 Å². The fraction of sp³-hybridized carbons (Fsp3) is 0.143. The number of aromatic amines is 1. The summed E-state index contributed by atoms with van der Waals surface area (Å²) < 4.78 is 5.33. The van der Waals surface area contributed by atoms with Crippen LogP contribution in [0.3, 0.4) is 0 Å². The molecule has 0 aliphatic rings. The van der Waals surface area contributed by atoms with Crippen molar-refractivity contribution in [1.82, 2.24) is 10.1 Å². The lowest BCUT2D eigenvalue weighted by atomic mass is 10.0. The zero-order valence-corrected chi connectivity index (χ0v) is 14.9. The van der Waals surface area contributed by atoms with Crippen molar-refractivity contribution in [3.63, 3.8) is 0 Å². The maximum atomic E-state index is 12.6. The van der Waals surface area contributed by atoms with E-state index in [4.69, 9.17) is 10.3 Å². The molecule has 0 saturated heterocycles. The number of hydrogen-bond donors (Lipinski definition) is 3. The molecule has 2 aromatic heterocycles. The normalized spacial score (nSPS) is 12.2. The highest BCUT2D eigenvalue weighted by atomic mass is 16.5. The van der Waals surface area contributed by atoms with E-state index in [1.54, 1.807) is 0 Å². The van der Waals surface area contributed by atoms with Gasteiger partial charge in [-0.2, -0.15) is 0 Å². The standard InChI is InChI=1S/C21H20N4O2/c1-13-19(14-7-3-2-4-8-14)21(27-25-13)24-20(26)17(22)11-15-12-23-18-10-6-5-9-16(15)18/h2-10,12,17,23H,11,22H2,1H3,(H,24,26)/t17-/m0/s1. The Hall–Kier alpha value is -3.38. The van der Waals surface area contributed by atoms with Crippen LogP contribution in [0.15, 0.2) is 65.3 Å². The van der Waals surface area contributed by atoms with Gasteiger partial charge in [0.15, 0.2) is 0 Å². The van der Waals surface area contributed by atoms with Crippen LogP contribution in [0.2, 0.25) is 0 Å². The van der Waals surface area contributed by atoms with E-state index in [-0.39, 0.29) is 5.91 Å². The lowest BCUT2D eigenvalue weighted by Gasteiger charge is -2.11. The highest BCUT2D eigenvalue weighted by Gasteiger charge is 2.21. The summed E-state index contributed by atoms with van der Waals surface area (Å²) in [5.74, 6) is 0.00619. The minimum Gasteiger partial charge on any atom is -0.361 e. The molecule has 1 amide bonds. The summed E-state index contributed by atoms with van der Waals surface area (Å²) in [6, 6.07) is 16.9. The largest absolute Gasteiger partial charge is 0.361 e. The number of aromatic nitrogens is 2. The number of fused-ring (bicyclic) bond motifs is 1. The SMILES string of the molecule is Cc1noc(NC(=O)[C@@H](N)Cc2c[nH]c3ccccc23)c1-c1ccccc1. The Balaban J connectivity index is 1.53. The molecular formula is C21H20N4O2. The third-order valence-electron chi connectivity index (χ3n) is 4.61. The first kappa shape index (κ1) is 17.1. The Bertz CT molecular complexity index is 1080. The second kappa shape index (κ2) is 7.09. The van der Waals surface area contributed by atoms with E-state index in [1.165, 1.54) is 0 Å². The van der Waals surface area contributed by atoms with Gasteiger partial charge in [-0.05, 0) is 30.5 Å². The molecule has 0 spiro atoms. The molecule has 0 bridgehead atoms. The maximum Gasteiger partial charge on any atom is 0.244 e. The fourth-order valence-corrected chi connectivity index (χ4v) is 3.23. The number of carbonyl (C=O) groups excluding carboxylic acids is 1. The van der Waals surface area contributed by atoms with E-state index in [0.29, 0.717) is 18.0 Å². The average Bonchev–Trinajstić information content (AvgIpc) is 3.26. The highest BCUT2D eigenvalue weighted by molar-refractivity contribution is 5.97. The third kappa shape index (κ3) is 3.35. The van der Waals surface area contributed by atoms with Crippen molar-refractivity contribution in [3.05, 3.63) is 72.1 Å². The molecule has 1 atom stereocenters. The van der Waals surface area contributed by atoms with Gasteiger partial charge in [-0.3, -0.25) is 10.1 Å². The molecule has 6 nitrogen and oxygen atoms in total. The van der Waals surface area contributed by atoms with Gasteiger partial charge < -0.3 is 15.2 Å². The zero-order chi connectivity index (χ0) is 18.8. The number of hydrogen-bond acceptors (Lipinski definition) is 4. The second-order valence-electron chi connectivity index (χ2n) is 6.50. The molecule has 6 heteroatoms. The van der Waals surface area contributed by atoms with Crippen LogP contribution >= 0.6 is 0 Å². The van der Waals surface area contributed by atoms with E-state index < -0.39 is 6.04 Å². The third-order valence-corrected chi connectivity index (χ3v) is 4.61. The maximum absolute atomic E-state index is 12.6. The molecule has 136 valence electrons. The smallest absolute Gasteiger partial charge is 0.244 e. The monoisotopic (exact) mass is 360 g/mol. The molecule has 0 fully saturated rings. The molecule has 2 heterocycles. The fourth-order valence-electron chi connectivity index (χ4n) is 3.23. The van der Waals surface area contributed by atoms with Crippen LogP contribution in [0.5, 0.6) is 0 Å². The van der Waals surface area contributed by atoms with Crippen molar-refractivity contribution >= 4 is 22.7 Å². The molecule has 4 N–H and O–H groups in total. The van der Waals surface area contributed by atoms with Crippen LogP contribution in [-0.2, 0) is 11.2 Å². The molecule has 4 rings (SSSR count). The number of anilines is 1. The molecule has 0 saturated carbocycles. The highest BCUT2D eigenvalue weighted by Crippen LogP contribution is 2.31. The van der Waals surface area contributed by atoms with Crippen LogP contribution in [0.4, 0.5) is 5.88 Å². The molecule has 0 radical (unpaired) electrons. The Kier molecular flexibility index (Phi) is 4.48. The van der Waals surface area contributed by atoms with Gasteiger partial charge in [0.05, 0.1) is 17.3 Å². The Morgan fingerprint density at radius 2 is 1.93 bits per heavy atom. The van der Waals surface area contributed by atoms with Crippen LogP contribution in [0, 0.1) is 6.92 Å². The molecule has 0 aliphatic carbocycles. The van der Waals surface area contributed by atoms with Crippen molar-refractivity contribution in [1.29, 1.82) is 0 Å². The lowest BCUT2D eigenvalue weighted by molar-refractivity contribution is -0.117. The van der Waals surface area contributed by atoms with Crippen molar-refractivity contribution in [2.75, 3.05) is 5.32 Å². The Morgan fingerprint density at radius 1 is 1.19 bits per heavy atom. The molecule has 2 aromatic carbocycles. The van der Waals surface area contributed by atoms with Gasteiger partial charge in [-0.25, -0.2) is 0 Å². The van der Waals surface area contributed by atoms with E-state index in [9.17, 15) is 4.79 Å². The topological polar surface area (TPSA) is 96.9 Å². The first-order chi connectivity index (χ1) is 13.1. The molecule has 4 aromatic rings. The number of para-hydroxylation sites is 1. The van der Waals surface area contributed by atoms with Crippen LogP contribution < -0.4 is 11.1 Å². The van der Waals surface area contributed by atoms with Crippen molar-refractivity contribution in [3.8, 4) is 11.1 Å². The number of amides is 1. The minimum atomic E-state index is -0.710. The van der Waals surface area contributed by atoms with Gasteiger partial charge in [-0.15, -0.1) is 0 Å². The lowest BCUT2D eigenvalue weighted by Crippen LogP contribution is -2.37. The zero-order valence-electron chi connectivity index (χ0n) is 14.9. The Morgan fingerprint density at radius 3 is 2.74 bits per heavy atom. The summed E-state index contributed by atoms with van der Waals surface area (Å²) in [6.45, 7) is 1.84. The molecular weight excluding hydrogens is 340 g/mol. The summed E-state index contributed by atoms with van der Waals surface area (Å²) in [5.41, 5.74) is 10.6. The van der Waals surface area contributed by atoms with Crippen LogP contribution in [0.1, 0.15) is 11.3 Å². The number of H-pyrrole nitrogens is 1. The predicted molar refractivity (Wildman–Crippen MR) is 105 cm³/mol. The van der Waals surface area contributed by atoms with E-state index in [2.05, 4.69) is 15.5 Å². The van der Waals surface area contributed by atoms with E-state index in [1.807, 2.05) is 67.7 Å². The molecule has 0 aliphatic heterocycles. The number of carbonyl (C=O) groups is 1. The van der Waals surface area contributed by atoms with Crippen molar-refractivity contribution in [2.45, 2.75) is 19.4 Å². The van der Waals surface area contributed by atoms with Gasteiger partial charge in [-0.1, -0.05) is 53.7 Å². The first-order valence-electron chi connectivity index (χ1n) is 8.76. The number of rotatable bonds is 5. The summed E-state index contributed by atoms with van der Waals surface area (Å²) in [6.07, 6.45) is 2.31. The van der Waals surface area contributed by atoms with E-state index in [0.717, 1.165) is 27.6 Å². The summed E-state index contributed by atoms with van der Waals surface area (Å²) in [4.78, 5) is 15.8. The van der Waals surface area contributed by atoms with Crippen molar-refractivity contribution < 1.29 is 9.32 Å². The van der Waals surface area contributed by atoms with Gasteiger partial charge in [0.25, 0.3) is 0 Å². The summed E-state index contributed by atoms with van der Waals surface area (Å²) in [7, 11) is 0. The summed E-state index contributed by atoms with van der Waals surface area (Å²) in [5, 5.41) is 7.84. The molecule has 27 heavy (non-hydrogen) atoms. The number of benzene rings is 2. The molecule has 0 unspecified atom stereocenters.